The summed E-state index contributed by atoms with van der Waals surface area (Å²) in [6.07, 6.45) is 6.22. The zero-order valence-corrected chi connectivity index (χ0v) is 29.5. The number of hydrogen-bond acceptors (Lipinski definition) is 8. The molecule has 3 aromatic rings. The molecule has 0 bridgehead atoms. The van der Waals surface area contributed by atoms with E-state index in [9.17, 15) is 18.6 Å². The van der Waals surface area contributed by atoms with Crippen LogP contribution < -0.4 is 9.46 Å². The summed E-state index contributed by atoms with van der Waals surface area (Å²) >= 11 is 0. The van der Waals surface area contributed by atoms with Gasteiger partial charge in [0.2, 0.25) is 5.88 Å². The first kappa shape index (κ1) is 33.9. The summed E-state index contributed by atoms with van der Waals surface area (Å²) in [7, 11) is -1.57. The van der Waals surface area contributed by atoms with Crippen molar-refractivity contribution in [1.82, 2.24) is 29.3 Å². The molecule has 1 N–H and O–H groups in total. The van der Waals surface area contributed by atoms with Crippen LogP contribution in [0.4, 0.5) is 4.79 Å². The number of hydrogen-bond donors (Lipinski definition) is 1. The smallest absolute Gasteiger partial charge is 0.410 e. The Labute approximate surface area is 284 Å². The first-order chi connectivity index (χ1) is 22.8. The molecule has 1 aliphatic carbocycles. The van der Waals surface area contributed by atoms with Crippen molar-refractivity contribution in [1.29, 1.82) is 0 Å². The van der Waals surface area contributed by atoms with E-state index in [0.717, 1.165) is 31.2 Å². The van der Waals surface area contributed by atoms with Crippen LogP contribution in [0.5, 0.6) is 5.88 Å². The number of ether oxygens (including phenoxy) is 2. The van der Waals surface area contributed by atoms with Crippen molar-refractivity contribution in [2.75, 3.05) is 32.4 Å². The van der Waals surface area contributed by atoms with Gasteiger partial charge in [0.05, 0.1) is 17.5 Å². The standard InChI is InChI=1S/C35H46N6O6S/c1-21(2)46-32-29-27(16-28(31(42)38-48(6)45)36-30(29)41(37-32)26-10-8-7-9-11-26)22-12-14-23(15-13-22)33(43)39-17-24-19-40(20-25(24)18-39)34(44)47-35(3,4)5/h12-16,21,24-26H,7-11,17-20H2,1-6H3,(H,38,42). The van der Waals surface area contributed by atoms with Gasteiger partial charge in [-0.15, -0.1) is 5.10 Å². The van der Waals surface area contributed by atoms with Crippen LogP contribution in [0.15, 0.2) is 30.3 Å². The SMILES string of the molecule is CC(C)Oc1nn(C2CCCCC2)c2nc(C(=O)NS(C)=O)cc(-c3ccc(C(=O)N4CC5CN(C(=O)OC(C)(C)C)CC5C4)cc3)c12. The molecule has 1 saturated carbocycles. The Balaban J connectivity index is 1.29. The second kappa shape index (κ2) is 13.5. The number of fused-ring (bicyclic) bond motifs is 2. The first-order valence-corrected chi connectivity index (χ1v) is 18.4. The monoisotopic (exact) mass is 678 g/mol. The van der Waals surface area contributed by atoms with Crippen LogP contribution in [0.3, 0.4) is 0 Å². The number of aromatic nitrogens is 3. The Morgan fingerprint density at radius 1 is 0.958 bits per heavy atom. The van der Waals surface area contributed by atoms with E-state index < -0.39 is 22.5 Å². The van der Waals surface area contributed by atoms with Gasteiger partial charge in [-0.05, 0) is 71.2 Å². The molecule has 2 aromatic heterocycles. The average molecular weight is 679 g/mol. The molecule has 2 aliphatic heterocycles. The van der Waals surface area contributed by atoms with Crippen molar-refractivity contribution in [3.63, 3.8) is 0 Å². The second-order valence-electron chi connectivity index (χ2n) is 14.5. The van der Waals surface area contributed by atoms with Gasteiger partial charge in [-0.1, -0.05) is 31.4 Å². The quantitative estimate of drug-likeness (QED) is 0.353. The van der Waals surface area contributed by atoms with Gasteiger partial charge in [0.15, 0.2) is 5.65 Å². The average Bonchev–Trinajstić information content (AvgIpc) is 3.72. The van der Waals surface area contributed by atoms with Crippen LogP contribution in [0.25, 0.3) is 22.2 Å². The predicted octanol–water partition coefficient (Wildman–Crippen LogP) is 5.35. The number of likely N-dealkylation sites (tertiary alicyclic amines) is 2. The summed E-state index contributed by atoms with van der Waals surface area (Å²) < 4.78 is 28.1. The Kier molecular flexibility index (Phi) is 9.52. The minimum Gasteiger partial charge on any atom is -0.473 e. The number of rotatable bonds is 7. The summed E-state index contributed by atoms with van der Waals surface area (Å²) in [5.41, 5.74) is 2.16. The van der Waals surface area contributed by atoms with Gasteiger partial charge in [-0.25, -0.2) is 18.7 Å². The molecule has 3 fully saturated rings. The molecule has 4 heterocycles. The van der Waals surface area contributed by atoms with Crippen LogP contribution in [0.2, 0.25) is 0 Å². The molecule has 0 radical (unpaired) electrons. The number of carbonyl (C=O) groups is 3. The molecular formula is C35H46N6O6S. The zero-order chi connectivity index (χ0) is 34.3. The number of benzene rings is 1. The van der Waals surface area contributed by atoms with E-state index in [1.54, 1.807) is 23.1 Å². The third-order valence-electron chi connectivity index (χ3n) is 9.23. The van der Waals surface area contributed by atoms with Crippen LogP contribution in [0.1, 0.15) is 93.6 Å². The molecule has 6 rings (SSSR count). The van der Waals surface area contributed by atoms with Gasteiger partial charge >= 0.3 is 6.09 Å². The van der Waals surface area contributed by atoms with E-state index in [-0.39, 0.29) is 41.7 Å². The Morgan fingerprint density at radius 2 is 1.58 bits per heavy atom. The fourth-order valence-corrected chi connectivity index (χ4v) is 7.49. The number of carbonyl (C=O) groups excluding carboxylic acids is 3. The highest BCUT2D eigenvalue weighted by molar-refractivity contribution is 7.82. The molecule has 0 spiro atoms. The van der Waals surface area contributed by atoms with Gasteiger partial charge in [-0.3, -0.25) is 14.3 Å². The van der Waals surface area contributed by atoms with Crippen LogP contribution >= 0.6 is 0 Å². The zero-order valence-electron chi connectivity index (χ0n) is 28.7. The molecule has 2 saturated heterocycles. The molecule has 3 atom stereocenters. The van der Waals surface area contributed by atoms with Gasteiger partial charge in [0, 0.05) is 55.4 Å². The van der Waals surface area contributed by atoms with Gasteiger partial charge < -0.3 is 19.3 Å². The highest BCUT2D eigenvalue weighted by atomic mass is 32.2. The fraction of sp³-hybridized carbons (Fsp3) is 0.571. The van der Waals surface area contributed by atoms with E-state index in [0.29, 0.717) is 54.2 Å². The third kappa shape index (κ3) is 7.20. The Hall–Kier alpha value is -4.00. The van der Waals surface area contributed by atoms with Crippen LogP contribution in [0, 0.1) is 11.8 Å². The third-order valence-corrected chi connectivity index (χ3v) is 9.71. The minimum absolute atomic E-state index is 0.0564. The van der Waals surface area contributed by atoms with Crippen molar-refractivity contribution in [3.8, 4) is 17.0 Å². The van der Waals surface area contributed by atoms with E-state index in [4.69, 9.17) is 19.6 Å². The lowest BCUT2D eigenvalue weighted by molar-refractivity contribution is 0.0275. The molecule has 3 amide bonds. The van der Waals surface area contributed by atoms with Crippen molar-refractivity contribution < 1.29 is 28.1 Å². The predicted molar refractivity (Wildman–Crippen MR) is 183 cm³/mol. The minimum atomic E-state index is -1.57. The lowest BCUT2D eigenvalue weighted by atomic mass is 9.95. The number of nitrogens with one attached hydrogen (secondary N) is 1. The largest absolute Gasteiger partial charge is 0.473 e. The summed E-state index contributed by atoms with van der Waals surface area (Å²) in [6.45, 7) is 11.8. The van der Waals surface area contributed by atoms with Crippen molar-refractivity contribution in [2.45, 2.75) is 84.5 Å². The van der Waals surface area contributed by atoms with Crippen molar-refractivity contribution in [3.05, 3.63) is 41.6 Å². The van der Waals surface area contributed by atoms with E-state index >= 15 is 0 Å². The van der Waals surface area contributed by atoms with Crippen molar-refractivity contribution >= 4 is 39.9 Å². The number of nitrogens with zero attached hydrogens (tertiary/aromatic N) is 5. The van der Waals surface area contributed by atoms with Gasteiger partial charge in [0.25, 0.3) is 11.8 Å². The molecule has 48 heavy (non-hydrogen) atoms. The molecule has 3 unspecified atom stereocenters. The number of amides is 3. The maximum Gasteiger partial charge on any atom is 0.410 e. The highest BCUT2D eigenvalue weighted by Gasteiger charge is 2.44. The van der Waals surface area contributed by atoms with Crippen LogP contribution in [-0.2, 0) is 15.7 Å². The van der Waals surface area contributed by atoms with E-state index in [1.807, 2.05) is 56.3 Å². The van der Waals surface area contributed by atoms with Gasteiger partial charge in [0.1, 0.15) is 22.3 Å². The molecule has 12 nitrogen and oxygen atoms in total. The molecular weight excluding hydrogens is 632 g/mol. The Bertz CT molecular complexity index is 1710. The maximum absolute atomic E-state index is 13.6. The van der Waals surface area contributed by atoms with Gasteiger partial charge in [-0.2, -0.15) is 0 Å². The van der Waals surface area contributed by atoms with Crippen molar-refractivity contribution in [2.24, 2.45) is 11.8 Å². The van der Waals surface area contributed by atoms with E-state index in [2.05, 4.69) is 4.72 Å². The fourth-order valence-electron chi connectivity index (χ4n) is 7.13. The summed E-state index contributed by atoms with van der Waals surface area (Å²) in [6, 6.07) is 9.17. The lowest BCUT2D eigenvalue weighted by Gasteiger charge is -2.26. The summed E-state index contributed by atoms with van der Waals surface area (Å²) in [4.78, 5) is 47.8. The second-order valence-corrected chi connectivity index (χ2v) is 15.7. The number of pyridine rings is 1. The topological polar surface area (TPSA) is 136 Å². The molecule has 1 aromatic carbocycles. The Morgan fingerprint density at radius 3 is 2.17 bits per heavy atom. The highest BCUT2D eigenvalue weighted by Crippen LogP contribution is 2.40. The lowest BCUT2D eigenvalue weighted by Crippen LogP contribution is -2.38. The summed E-state index contributed by atoms with van der Waals surface area (Å²) in [5.74, 6) is 0.279. The maximum atomic E-state index is 13.6. The molecule has 258 valence electrons. The molecule has 3 aliphatic rings. The normalized spacial score (nSPS) is 20.6. The van der Waals surface area contributed by atoms with E-state index in [1.165, 1.54) is 12.7 Å². The first-order valence-electron chi connectivity index (χ1n) is 16.9. The van der Waals surface area contributed by atoms with Crippen LogP contribution in [-0.4, -0.2) is 90.8 Å². The molecule has 13 heteroatoms. The summed E-state index contributed by atoms with van der Waals surface area (Å²) in [5, 5.41) is 5.61.